The molecular formula is C11H15NO. The number of aromatic nitrogens is 1. The maximum absolute atomic E-state index is 9.87. The van der Waals surface area contributed by atoms with Crippen molar-refractivity contribution in [3.05, 3.63) is 30.1 Å². The SMILES string of the molecule is CC1(C(O)Cc2cccnc2)CC1. The van der Waals surface area contributed by atoms with Crippen LogP contribution >= 0.6 is 0 Å². The van der Waals surface area contributed by atoms with Crippen LogP contribution in [0.15, 0.2) is 24.5 Å². The molecule has 0 bridgehead atoms. The Morgan fingerprint density at radius 2 is 2.38 bits per heavy atom. The first-order valence-corrected chi connectivity index (χ1v) is 4.78. The van der Waals surface area contributed by atoms with Crippen LogP contribution in [-0.2, 0) is 6.42 Å². The number of aliphatic hydroxyl groups excluding tert-OH is 1. The van der Waals surface area contributed by atoms with Crippen LogP contribution in [0.5, 0.6) is 0 Å². The molecule has 1 atom stereocenters. The summed E-state index contributed by atoms with van der Waals surface area (Å²) in [7, 11) is 0. The van der Waals surface area contributed by atoms with Crippen LogP contribution in [0.1, 0.15) is 25.3 Å². The summed E-state index contributed by atoms with van der Waals surface area (Å²) >= 11 is 0. The lowest BCUT2D eigenvalue weighted by atomic mass is 9.96. The van der Waals surface area contributed by atoms with Crippen LogP contribution in [0.2, 0.25) is 0 Å². The van der Waals surface area contributed by atoms with E-state index in [1.807, 2.05) is 18.3 Å². The molecule has 1 fully saturated rings. The lowest BCUT2D eigenvalue weighted by Gasteiger charge is -2.16. The molecule has 1 unspecified atom stereocenters. The molecule has 1 aliphatic carbocycles. The molecule has 1 saturated carbocycles. The number of hydrogen-bond donors (Lipinski definition) is 1. The van der Waals surface area contributed by atoms with Crippen molar-refractivity contribution < 1.29 is 5.11 Å². The van der Waals surface area contributed by atoms with Crippen molar-refractivity contribution in [3.8, 4) is 0 Å². The quantitative estimate of drug-likeness (QED) is 0.763. The van der Waals surface area contributed by atoms with E-state index < -0.39 is 0 Å². The maximum Gasteiger partial charge on any atom is 0.0634 e. The summed E-state index contributed by atoms with van der Waals surface area (Å²) in [4.78, 5) is 4.03. The average molecular weight is 177 g/mol. The molecule has 0 radical (unpaired) electrons. The molecule has 70 valence electrons. The molecule has 0 amide bonds. The molecular weight excluding hydrogens is 162 g/mol. The van der Waals surface area contributed by atoms with Crippen molar-refractivity contribution in [1.29, 1.82) is 0 Å². The van der Waals surface area contributed by atoms with Crippen molar-refractivity contribution in [1.82, 2.24) is 4.98 Å². The second kappa shape index (κ2) is 3.11. The van der Waals surface area contributed by atoms with E-state index >= 15 is 0 Å². The van der Waals surface area contributed by atoms with Gasteiger partial charge in [-0.1, -0.05) is 13.0 Å². The molecule has 2 rings (SSSR count). The summed E-state index contributed by atoms with van der Waals surface area (Å²) in [6.45, 7) is 2.15. The van der Waals surface area contributed by atoms with E-state index in [0.717, 1.165) is 24.8 Å². The summed E-state index contributed by atoms with van der Waals surface area (Å²) in [5.41, 5.74) is 1.32. The fourth-order valence-corrected chi connectivity index (χ4v) is 1.52. The highest BCUT2D eigenvalue weighted by Gasteiger charge is 2.43. The molecule has 1 heterocycles. The van der Waals surface area contributed by atoms with Crippen LogP contribution in [0.4, 0.5) is 0 Å². The van der Waals surface area contributed by atoms with E-state index in [-0.39, 0.29) is 11.5 Å². The summed E-state index contributed by atoms with van der Waals surface area (Å²) < 4.78 is 0. The molecule has 2 nitrogen and oxygen atoms in total. The predicted molar refractivity (Wildman–Crippen MR) is 51.3 cm³/mol. The molecule has 2 heteroatoms. The molecule has 13 heavy (non-hydrogen) atoms. The van der Waals surface area contributed by atoms with Gasteiger partial charge in [0.2, 0.25) is 0 Å². The lowest BCUT2D eigenvalue weighted by Crippen LogP contribution is -2.21. The van der Waals surface area contributed by atoms with Gasteiger partial charge in [0.25, 0.3) is 0 Å². The zero-order valence-corrected chi connectivity index (χ0v) is 7.90. The summed E-state index contributed by atoms with van der Waals surface area (Å²) in [5.74, 6) is 0. The smallest absolute Gasteiger partial charge is 0.0634 e. The average Bonchev–Trinajstić information content (AvgIpc) is 2.87. The van der Waals surface area contributed by atoms with Gasteiger partial charge >= 0.3 is 0 Å². The van der Waals surface area contributed by atoms with E-state index in [1.54, 1.807) is 6.20 Å². The molecule has 0 aliphatic heterocycles. The maximum atomic E-state index is 9.87. The topological polar surface area (TPSA) is 33.1 Å². The highest BCUT2D eigenvalue weighted by Crippen LogP contribution is 2.48. The van der Waals surface area contributed by atoms with Gasteiger partial charge in [0.05, 0.1) is 6.10 Å². The van der Waals surface area contributed by atoms with Gasteiger partial charge in [-0.15, -0.1) is 0 Å². The van der Waals surface area contributed by atoms with Crippen molar-refractivity contribution >= 4 is 0 Å². The summed E-state index contributed by atoms with van der Waals surface area (Å²) in [6.07, 6.45) is 6.45. The van der Waals surface area contributed by atoms with Crippen LogP contribution in [0, 0.1) is 5.41 Å². The number of aliphatic hydroxyl groups is 1. The first-order chi connectivity index (χ1) is 6.21. The molecule has 1 aromatic rings. The molecule has 1 aliphatic rings. The Kier molecular flexibility index (Phi) is 2.08. The largest absolute Gasteiger partial charge is 0.392 e. The Bertz CT molecular complexity index is 279. The summed E-state index contributed by atoms with van der Waals surface area (Å²) in [5, 5.41) is 9.87. The zero-order chi connectivity index (χ0) is 9.31. The van der Waals surface area contributed by atoms with Crippen molar-refractivity contribution in [2.45, 2.75) is 32.3 Å². The van der Waals surface area contributed by atoms with Crippen molar-refractivity contribution in [2.24, 2.45) is 5.41 Å². The monoisotopic (exact) mass is 177 g/mol. The second-order valence-electron chi connectivity index (χ2n) is 4.24. The van der Waals surface area contributed by atoms with E-state index in [2.05, 4.69) is 11.9 Å². The van der Waals surface area contributed by atoms with Gasteiger partial charge < -0.3 is 5.11 Å². The second-order valence-corrected chi connectivity index (χ2v) is 4.24. The standard InChI is InChI=1S/C11H15NO/c1-11(4-5-11)10(13)7-9-3-2-6-12-8-9/h2-3,6,8,10,13H,4-5,7H2,1H3. The summed E-state index contributed by atoms with van der Waals surface area (Å²) in [6, 6.07) is 3.93. The first kappa shape index (κ1) is 8.70. The normalized spacial score (nSPS) is 21.1. The van der Waals surface area contributed by atoms with Gasteiger partial charge in [-0.3, -0.25) is 4.98 Å². The fraction of sp³-hybridized carbons (Fsp3) is 0.545. The third-order valence-corrected chi connectivity index (χ3v) is 2.99. The third kappa shape index (κ3) is 1.89. The molecule has 0 spiro atoms. The molecule has 1 aromatic heterocycles. The Labute approximate surface area is 78.6 Å². The highest BCUT2D eigenvalue weighted by atomic mass is 16.3. The van der Waals surface area contributed by atoms with Gasteiger partial charge in [0.15, 0.2) is 0 Å². The Morgan fingerprint density at radius 3 is 2.92 bits per heavy atom. The molecule has 1 N–H and O–H groups in total. The van der Waals surface area contributed by atoms with Gasteiger partial charge in [-0.25, -0.2) is 0 Å². The zero-order valence-electron chi connectivity index (χ0n) is 7.90. The third-order valence-electron chi connectivity index (χ3n) is 2.99. The van der Waals surface area contributed by atoms with Gasteiger partial charge in [-0.2, -0.15) is 0 Å². The van der Waals surface area contributed by atoms with E-state index in [4.69, 9.17) is 0 Å². The van der Waals surface area contributed by atoms with E-state index in [0.29, 0.717) is 0 Å². The molecule has 0 saturated heterocycles. The lowest BCUT2D eigenvalue weighted by molar-refractivity contribution is 0.103. The van der Waals surface area contributed by atoms with Gasteiger partial charge in [0.1, 0.15) is 0 Å². The van der Waals surface area contributed by atoms with Gasteiger partial charge in [0, 0.05) is 18.8 Å². The number of pyridine rings is 1. The Balaban J connectivity index is 1.98. The van der Waals surface area contributed by atoms with Crippen LogP contribution < -0.4 is 0 Å². The highest BCUT2D eigenvalue weighted by molar-refractivity contribution is 5.12. The van der Waals surface area contributed by atoms with E-state index in [9.17, 15) is 5.11 Å². The predicted octanol–water partition coefficient (Wildman–Crippen LogP) is 1.79. The minimum Gasteiger partial charge on any atom is -0.392 e. The number of hydrogen-bond acceptors (Lipinski definition) is 2. The minimum absolute atomic E-state index is 0.190. The van der Waals surface area contributed by atoms with Crippen molar-refractivity contribution in [3.63, 3.8) is 0 Å². The van der Waals surface area contributed by atoms with Crippen LogP contribution in [0.3, 0.4) is 0 Å². The fourth-order valence-electron chi connectivity index (χ4n) is 1.52. The van der Waals surface area contributed by atoms with E-state index in [1.165, 1.54) is 0 Å². The Hall–Kier alpha value is -0.890. The van der Waals surface area contributed by atoms with Crippen LogP contribution in [-0.4, -0.2) is 16.2 Å². The van der Waals surface area contributed by atoms with Gasteiger partial charge in [-0.05, 0) is 29.9 Å². The minimum atomic E-state index is -0.198. The Morgan fingerprint density at radius 1 is 1.62 bits per heavy atom. The number of nitrogens with zero attached hydrogens (tertiary/aromatic N) is 1. The number of rotatable bonds is 3. The molecule has 0 aromatic carbocycles. The van der Waals surface area contributed by atoms with Crippen LogP contribution in [0.25, 0.3) is 0 Å². The van der Waals surface area contributed by atoms with Crippen molar-refractivity contribution in [2.75, 3.05) is 0 Å². The first-order valence-electron chi connectivity index (χ1n) is 4.78.